The Morgan fingerprint density at radius 3 is 2.38 bits per heavy atom. The van der Waals surface area contributed by atoms with E-state index in [2.05, 4.69) is 9.84 Å². The summed E-state index contributed by atoms with van der Waals surface area (Å²) in [5.74, 6) is -2.14. The lowest BCUT2D eigenvalue weighted by molar-refractivity contribution is -0.164. The maximum Gasteiger partial charge on any atom is 0.387 e. The smallest absolute Gasteiger partial charge is 0.387 e. The molecule has 0 fully saturated rings. The maximum absolute atomic E-state index is 13.1. The van der Waals surface area contributed by atoms with Crippen molar-refractivity contribution in [1.82, 2.24) is 5.01 Å². The van der Waals surface area contributed by atoms with Crippen molar-refractivity contribution in [2.75, 3.05) is 7.11 Å². The molecule has 12 heteroatoms. The fourth-order valence-electron chi connectivity index (χ4n) is 2.22. The number of carbonyl (C=O) groups is 1. The standard InChI is InChI=1S/C14H12F6N2O4/c1-25-9-4-6(2-3-8(9)26-13(19)20)11(23)22-14(24,12(17)18)5-7(21-22)10(15)16/h2-4,10,12-13,24H,5H2,1H3/t14-/m1/s1. The number of methoxy groups -OCH3 is 1. The zero-order chi connectivity index (χ0) is 19.6. The van der Waals surface area contributed by atoms with E-state index in [9.17, 15) is 36.2 Å². The molecule has 1 aliphatic rings. The van der Waals surface area contributed by atoms with Gasteiger partial charge in [0.05, 0.1) is 7.11 Å². The van der Waals surface area contributed by atoms with Crippen LogP contribution >= 0.6 is 0 Å². The Labute approximate surface area is 142 Å². The summed E-state index contributed by atoms with van der Waals surface area (Å²) in [6, 6.07) is 2.67. The third-order valence-electron chi connectivity index (χ3n) is 3.46. The molecule has 0 radical (unpaired) electrons. The number of nitrogens with zero attached hydrogens (tertiary/aromatic N) is 2. The van der Waals surface area contributed by atoms with Crippen molar-refractivity contribution in [3.8, 4) is 11.5 Å². The molecule has 6 nitrogen and oxygen atoms in total. The van der Waals surface area contributed by atoms with Gasteiger partial charge in [-0.25, -0.2) is 17.6 Å². The second-order valence-corrected chi connectivity index (χ2v) is 5.11. The molecule has 26 heavy (non-hydrogen) atoms. The first-order valence-corrected chi connectivity index (χ1v) is 6.93. The number of hydrogen-bond acceptors (Lipinski definition) is 5. The van der Waals surface area contributed by atoms with E-state index in [4.69, 9.17) is 4.74 Å². The zero-order valence-electron chi connectivity index (χ0n) is 13.0. The molecule has 1 aromatic rings. The van der Waals surface area contributed by atoms with Gasteiger partial charge in [0.1, 0.15) is 5.71 Å². The minimum atomic E-state index is -3.59. The van der Waals surface area contributed by atoms with Gasteiger partial charge in [0, 0.05) is 12.0 Å². The summed E-state index contributed by atoms with van der Waals surface area (Å²) >= 11 is 0. The van der Waals surface area contributed by atoms with Crippen molar-refractivity contribution in [1.29, 1.82) is 0 Å². The van der Waals surface area contributed by atoms with Crippen LogP contribution in [0.1, 0.15) is 16.8 Å². The summed E-state index contributed by atoms with van der Waals surface area (Å²) in [5.41, 5.74) is -4.78. The van der Waals surface area contributed by atoms with Gasteiger partial charge in [-0.3, -0.25) is 4.79 Å². The van der Waals surface area contributed by atoms with E-state index in [1.807, 2.05) is 0 Å². The lowest BCUT2D eigenvalue weighted by Crippen LogP contribution is -2.51. The highest BCUT2D eigenvalue weighted by Gasteiger charge is 2.53. The first-order valence-electron chi connectivity index (χ1n) is 6.93. The number of hydrazone groups is 1. The quantitative estimate of drug-likeness (QED) is 0.764. The molecule has 1 N–H and O–H groups in total. The zero-order valence-corrected chi connectivity index (χ0v) is 13.0. The van der Waals surface area contributed by atoms with Crippen LogP contribution in [0.2, 0.25) is 0 Å². The molecule has 0 saturated carbocycles. The molecule has 1 aliphatic heterocycles. The number of halogens is 6. The van der Waals surface area contributed by atoms with E-state index in [0.717, 1.165) is 25.3 Å². The van der Waals surface area contributed by atoms with Crippen LogP contribution in [0.5, 0.6) is 11.5 Å². The highest BCUT2D eigenvalue weighted by Crippen LogP contribution is 2.36. The highest BCUT2D eigenvalue weighted by molar-refractivity contribution is 5.99. The van der Waals surface area contributed by atoms with E-state index in [0.29, 0.717) is 0 Å². The minimum Gasteiger partial charge on any atom is -0.493 e. The summed E-state index contributed by atoms with van der Waals surface area (Å²) in [6.45, 7) is -3.19. The number of hydrogen-bond donors (Lipinski definition) is 1. The Morgan fingerprint density at radius 2 is 1.88 bits per heavy atom. The number of benzene rings is 1. The number of alkyl halides is 6. The van der Waals surface area contributed by atoms with Crippen molar-refractivity contribution < 1.29 is 45.7 Å². The SMILES string of the molecule is COc1cc(C(=O)N2N=C(C(F)F)C[C@@]2(O)C(F)F)ccc1OC(F)F. The fourth-order valence-corrected chi connectivity index (χ4v) is 2.22. The molecule has 2 rings (SSSR count). The molecule has 0 aromatic heterocycles. The molecular weight excluding hydrogens is 374 g/mol. The van der Waals surface area contributed by atoms with Gasteiger partial charge in [0.25, 0.3) is 18.8 Å². The fraction of sp³-hybridized carbons (Fsp3) is 0.429. The molecule has 1 atom stereocenters. The third kappa shape index (κ3) is 3.69. The van der Waals surface area contributed by atoms with Gasteiger partial charge in [-0.15, -0.1) is 0 Å². The second-order valence-electron chi connectivity index (χ2n) is 5.11. The van der Waals surface area contributed by atoms with E-state index < -0.39 is 54.5 Å². The Hall–Kier alpha value is -2.50. The van der Waals surface area contributed by atoms with E-state index >= 15 is 0 Å². The number of rotatable bonds is 6. The molecule has 1 heterocycles. The van der Waals surface area contributed by atoms with Gasteiger partial charge < -0.3 is 14.6 Å². The number of carbonyl (C=O) groups excluding carboxylic acids is 1. The Morgan fingerprint density at radius 1 is 1.23 bits per heavy atom. The minimum absolute atomic E-state index is 0.151. The van der Waals surface area contributed by atoms with Crippen molar-refractivity contribution in [2.24, 2.45) is 5.10 Å². The van der Waals surface area contributed by atoms with Crippen LogP contribution in [-0.2, 0) is 0 Å². The van der Waals surface area contributed by atoms with Crippen LogP contribution in [0.15, 0.2) is 23.3 Å². The molecule has 0 aliphatic carbocycles. The van der Waals surface area contributed by atoms with E-state index in [1.54, 1.807) is 0 Å². The Kier molecular flexibility index (Phi) is 5.64. The molecule has 0 saturated heterocycles. The van der Waals surface area contributed by atoms with Gasteiger partial charge in [-0.1, -0.05) is 0 Å². The van der Waals surface area contributed by atoms with Crippen molar-refractivity contribution >= 4 is 11.6 Å². The van der Waals surface area contributed by atoms with Crippen molar-refractivity contribution in [3.05, 3.63) is 23.8 Å². The predicted octanol–water partition coefficient (Wildman–Crippen LogP) is 2.72. The molecule has 0 unspecified atom stereocenters. The third-order valence-corrected chi connectivity index (χ3v) is 3.46. The summed E-state index contributed by atoms with van der Waals surface area (Å²) in [7, 11) is 1.07. The lowest BCUT2D eigenvalue weighted by Gasteiger charge is -2.30. The van der Waals surface area contributed by atoms with Crippen LogP contribution < -0.4 is 9.47 Å². The number of amides is 1. The number of aliphatic hydroxyl groups is 1. The first-order chi connectivity index (χ1) is 12.1. The Balaban J connectivity index is 2.40. The second kappa shape index (κ2) is 7.40. The molecule has 1 aromatic carbocycles. The average Bonchev–Trinajstić information content (AvgIpc) is 2.93. The monoisotopic (exact) mass is 386 g/mol. The summed E-state index contributed by atoms with van der Waals surface area (Å²) < 4.78 is 85.3. The summed E-state index contributed by atoms with van der Waals surface area (Å²) in [6.07, 6.45) is -8.08. The maximum atomic E-state index is 13.1. The molecule has 0 spiro atoms. The first kappa shape index (κ1) is 19.8. The van der Waals surface area contributed by atoms with Crippen LogP contribution in [0.25, 0.3) is 0 Å². The molecule has 0 bridgehead atoms. The van der Waals surface area contributed by atoms with Gasteiger partial charge in [-0.2, -0.15) is 18.9 Å². The average molecular weight is 386 g/mol. The van der Waals surface area contributed by atoms with E-state index in [-0.39, 0.29) is 10.8 Å². The summed E-state index contributed by atoms with van der Waals surface area (Å²) in [4.78, 5) is 12.4. The van der Waals surface area contributed by atoms with E-state index in [1.165, 1.54) is 0 Å². The van der Waals surface area contributed by atoms with Gasteiger partial charge in [-0.05, 0) is 18.2 Å². The predicted molar refractivity (Wildman–Crippen MR) is 74.8 cm³/mol. The normalized spacial score (nSPS) is 20.1. The molecular formula is C14H12F6N2O4. The molecule has 1 amide bonds. The largest absolute Gasteiger partial charge is 0.493 e. The van der Waals surface area contributed by atoms with Crippen LogP contribution in [0, 0.1) is 0 Å². The van der Waals surface area contributed by atoms with Crippen molar-refractivity contribution in [2.45, 2.75) is 31.6 Å². The van der Waals surface area contributed by atoms with Crippen molar-refractivity contribution in [3.63, 3.8) is 0 Å². The van der Waals surface area contributed by atoms with Gasteiger partial charge in [0.2, 0.25) is 5.72 Å². The van der Waals surface area contributed by atoms with Gasteiger partial charge in [0.15, 0.2) is 11.5 Å². The molecule has 144 valence electrons. The van der Waals surface area contributed by atoms with Gasteiger partial charge >= 0.3 is 6.61 Å². The van der Waals surface area contributed by atoms with Crippen LogP contribution in [-0.4, -0.2) is 54.0 Å². The topological polar surface area (TPSA) is 71.4 Å². The Bertz CT molecular complexity index is 715. The van der Waals surface area contributed by atoms with Crippen LogP contribution in [0.4, 0.5) is 26.3 Å². The number of ether oxygens (including phenoxy) is 2. The lowest BCUT2D eigenvalue weighted by atomic mass is 10.1. The summed E-state index contributed by atoms with van der Waals surface area (Å²) in [5, 5.41) is 12.9. The highest BCUT2D eigenvalue weighted by atomic mass is 19.3. The van der Waals surface area contributed by atoms with Crippen LogP contribution in [0.3, 0.4) is 0 Å².